The summed E-state index contributed by atoms with van der Waals surface area (Å²) in [6.07, 6.45) is 2.83. The molecule has 0 aromatic heterocycles. The maximum Gasteiger partial charge on any atom is 0.306 e. The minimum Gasteiger partial charge on any atom is -0.481 e. The zero-order valence-corrected chi connectivity index (χ0v) is 18.1. The molecule has 0 fully saturated rings. The summed E-state index contributed by atoms with van der Waals surface area (Å²) in [5.74, 6) is 3.98. The van der Waals surface area contributed by atoms with Gasteiger partial charge in [0, 0.05) is 25.1 Å². The number of benzene rings is 1. The fraction of sp³-hybridized carbons (Fsp3) is 0.524. The molecule has 1 aromatic carbocycles. The van der Waals surface area contributed by atoms with Gasteiger partial charge in [-0.05, 0) is 36.5 Å². The Morgan fingerprint density at radius 2 is 2.03 bits per heavy atom. The molecule has 164 valence electrons. The molecule has 29 heavy (non-hydrogen) atoms. The summed E-state index contributed by atoms with van der Waals surface area (Å²) in [6, 6.07) is 5.37. The number of amidine groups is 1. The van der Waals surface area contributed by atoms with Crippen molar-refractivity contribution in [2.75, 3.05) is 13.1 Å². The van der Waals surface area contributed by atoms with E-state index in [9.17, 15) is 9.18 Å². The number of hydrazine groups is 1. The van der Waals surface area contributed by atoms with E-state index >= 15 is 0 Å². The highest BCUT2D eigenvalue weighted by molar-refractivity contribution is 5.84. The lowest BCUT2D eigenvalue weighted by Crippen LogP contribution is -2.27. The molecule has 0 bridgehead atoms. The molecule has 1 heterocycles. The third-order valence-electron chi connectivity index (χ3n) is 4.05. The van der Waals surface area contributed by atoms with Gasteiger partial charge in [-0.3, -0.25) is 4.79 Å². The van der Waals surface area contributed by atoms with Crippen molar-refractivity contribution >= 4 is 17.4 Å². The molecular formula is C21H36FN5O2. The van der Waals surface area contributed by atoms with Crippen LogP contribution < -0.4 is 22.4 Å². The Balaban J connectivity index is 0.000000498. The van der Waals surface area contributed by atoms with E-state index in [1.807, 2.05) is 58.4 Å². The van der Waals surface area contributed by atoms with Crippen LogP contribution in [0, 0.1) is 24.6 Å². The summed E-state index contributed by atoms with van der Waals surface area (Å²) in [5, 5.41) is 15.5. The van der Waals surface area contributed by atoms with E-state index in [0.717, 1.165) is 29.8 Å². The van der Waals surface area contributed by atoms with E-state index < -0.39 is 11.9 Å². The molecule has 1 aliphatic rings. The number of aliphatic carboxylic acids is 1. The molecule has 1 unspecified atom stereocenters. The van der Waals surface area contributed by atoms with Crippen LogP contribution in [-0.2, 0) is 4.79 Å². The second-order valence-corrected chi connectivity index (χ2v) is 6.94. The Morgan fingerprint density at radius 1 is 1.38 bits per heavy atom. The van der Waals surface area contributed by atoms with Gasteiger partial charge in [-0.2, -0.15) is 5.10 Å². The van der Waals surface area contributed by atoms with Crippen molar-refractivity contribution in [1.82, 2.24) is 10.9 Å². The Bertz CT molecular complexity index is 690. The lowest BCUT2D eigenvalue weighted by atomic mass is 9.94. The average molecular weight is 410 g/mol. The maximum absolute atomic E-state index is 13.4. The number of nitrogens with one attached hydrogen (secondary N) is 2. The van der Waals surface area contributed by atoms with Gasteiger partial charge in [0.15, 0.2) is 0 Å². The number of hydrogen-bond acceptors (Lipinski definition) is 5. The van der Waals surface area contributed by atoms with Crippen LogP contribution >= 0.6 is 0 Å². The largest absolute Gasteiger partial charge is 0.481 e. The molecule has 7 nitrogen and oxygen atoms in total. The normalized spacial score (nSPS) is 14.2. The molecule has 0 saturated carbocycles. The Labute approximate surface area is 173 Å². The van der Waals surface area contributed by atoms with Gasteiger partial charge < -0.3 is 16.2 Å². The minimum atomic E-state index is -0.853. The number of nitrogens with two attached hydrogens (primary N) is 2. The van der Waals surface area contributed by atoms with Crippen molar-refractivity contribution in [3.63, 3.8) is 0 Å². The standard InChI is InChI=1S/C11H12FN.C8H18N4O2.C2H6/c1-8-2-3-10(11(12)6-8)9-4-5-13-7-9;1-5(2)3-6(8(13)14)4-7(9)11-12-10;1-2/h2-4,6,13H,5,7H2,1H3;5-6,12H,3-4,10H2,1-2H3,(H2,9,11)(H,13,14);1-2H3. The Morgan fingerprint density at radius 3 is 2.48 bits per heavy atom. The van der Waals surface area contributed by atoms with Crippen LogP contribution in [0.3, 0.4) is 0 Å². The lowest BCUT2D eigenvalue weighted by Gasteiger charge is -2.13. The van der Waals surface area contributed by atoms with E-state index in [4.69, 9.17) is 16.7 Å². The van der Waals surface area contributed by atoms with Crippen LogP contribution in [-0.4, -0.2) is 30.0 Å². The zero-order valence-electron chi connectivity index (χ0n) is 18.1. The van der Waals surface area contributed by atoms with Crippen LogP contribution in [0.15, 0.2) is 29.4 Å². The van der Waals surface area contributed by atoms with Crippen molar-refractivity contribution in [3.05, 3.63) is 41.2 Å². The van der Waals surface area contributed by atoms with Gasteiger partial charge in [0.2, 0.25) is 0 Å². The number of carboxylic acid groups (broad SMARTS) is 1. The Hall–Kier alpha value is -2.45. The molecule has 7 N–H and O–H groups in total. The van der Waals surface area contributed by atoms with Crippen molar-refractivity contribution in [1.29, 1.82) is 0 Å². The summed E-state index contributed by atoms with van der Waals surface area (Å²) in [5.41, 5.74) is 10.2. The fourth-order valence-corrected chi connectivity index (χ4v) is 2.78. The Kier molecular flexibility index (Phi) is 13.3. The second-order valence-electron chi connectivity index (χ2n) is 6.94. The van der Waals surface area contributed by atoms with Gasteiger partial charge in [0.05, 0.1) is 5.92 Å². The van der Waals surface area contributed by atoms with Crippen LogP contribution in [0.2, 0.25) is 0 Å². The zero-order chi connectivity index (χ0) is 22.4. The van der Waals surface area contributed by atoms with Crippen molar-refractivity contribution in [3.8, 4) is 0 Å². The molecular weight excluding hydrogens is 373 g/mol. The van der Waals surface area contributed by atoms with Crippen LogP contribution in [0.5, 0.6) is 0 Å². The summed E-state index contributed by atoms with van der Waals surface area (Å²) in [4.78, 5) is 10.8. The van der Waals surface area contributed by atoms with Crippen molar-refractivity contribution in [2.24, 2.45) is 28.5 Å². The molecule has 0 aliphatic carbocycles. The smallest absolute Gasteiger partial charge is 0.306 e. The van der Waals surface area contributed by atoms with Gasteiger partial charge in [-0.15, -0.1) is 0 Å². The number of carboxylic acids is 1. The van der Waals surface area contributed by atoms with Crippen LogP contribution in [0.4, 0.5) is 4.39 Å². The van der Waals surface area contributed by atoms with E-state index in [1.54, 1.807) is 6.07 Å². The van der Waals surface area contributed by atoms with E-state index in [0.29, 0.717) is 12.3 Å². The predicted octanol–water partition coefficient (Wildman–Crippen LogP) is 3.01. The van der Waals surface area contributed by atoms with Crippen LogP contribution in [0.1, 0.15) is 51.7 Å². The number of rotatable bonds is 7. The first-order valence-electron chi connectivity index (χ1n) is 9.91. The average Bonchev–Trinajstić information content (AvgIpc) is 3.17. The second kappa shape index (κ2) is 14.5. The molecule has 2 rings (SSSR count). The van der Waals surface area contributed by atoms with E-state index in [1.165, 1.54) is 0 Å². The van der Waals surface area contributed by atoms with Gasteiger partial charge in [0.25, 0.3) is 0 Å². The predicted molar refractivity (Wildman–Crippen MR) is 117 cm³/mol. The van der Waals surface area contributed by atoms with Crippen LogP contribution in [0.25, 0.3) is 5.57 Å². The molecule has 1 aromatic rings. The third-order valence-corrected chi connectivity index (χ3v) is 4.05. The van der Waals surface area contributed by atoms with Gasteiger partial charge in [-0.25, -0.2) is 15.8 Å². The minimum absolute atomic E-state index is 0.116. The summed E-state index contributed by atoms with van der Waals surface area (Å²) in [6.45, 7) is 11.5. The van der Waals surface area contributed by atoms with Gasteiger partial charge in [-0.1, -0.05) is 45.9 Å². The molecule has 0 spiro atoms. The number of hydrazone groups is 1. The summed E-state index contributed by atoms with van der Waals surface area (Å²) < 4.78 is 13.4. The van der Waals surface area contributed by atoms with Crippen molar-refractivity contribution < 1.29 is 14.3 Å². The third kappa shape index (κ3) is 10.6. The molecule has 0 amide bonds. The molecule has 8 heteroatoms. The summed E-state index contributed by atoms with van der Waals surface area (Å²) >= 11 is 0. The highest BCUT2D eigenvalue weighted by Crippen LogP contribution is 2.20. The molecule has 0 saturated heterocycles. The number of aryl methyl sites for hydroxylation is 1. The van der Waals surface area contributed by atoms with Gasteiger partial charge in [0.1, 0.15) is 11.7 Å². The SMILES string of the molecule is CC.CC(C)CC(C/C(N)=N/NN)C(=O)O.Cc1ccc(C2=CCNC2)c(F)c1. The number of carbonyl (C=O) groups is 1. The molecule has 1 atom stereocenters. The lowest BCUT2D eigenvalue weighted by molar-refractivity contribution is -0.142. The van der Waals surface area contributed by atoms with Gasteiger partial charge >= 0.3 is 5.97 Å². The summed E-state index contributed by atoms with van der Waals surface area (Å²) in [7, 11) is 0. The highest BCUT2D eigenvalue weighted by atomic mass is 19.1. The van der Waals surface area contributed by atoms with Crippen molar-refractivity contribution in [2.45, 2.75) is 47.5 Å². The topological polar surface area (TPSA) is 126 Å². The van der Waals surface area contributed by atoms with E-state index in [-0.39, 0.29) is 18.1 Å². The fourth-order valence-electron chi connectivity index (χ4n) is 2.78. The molecule has 1 aliphatic heterocycles. The maximum atomic E-state index is 13.4. The first-order chi connectivity index (χ1) is 13.7. The number of halogens is 1. The molecule has 0 radical (unpaired) electrons. The number of hydrogen-bond donors (Lipinski definition) is 5. The quantitative estimate of drug-likeness (QED) is 0.204. The first-order valence-corrected chi connectivity index (χ1v) is 9.91. The first kappa shape index (κ1) is 26.6. The van der Waals surface area contributed by atoms with E-state index in [2.05, 4.69) is 10.4 Å². The highest BCUT2D eigenvalue weighted by Gasteiger charge is 2.20. The number of nitrogens with zero attached hydrogens (tertiary/aromatic N) is 1. The monoisotopic (exact) mass is 409 g/mol.